The standard InChI is InChI=1S/C15H16N8O/c16-12(24)10-2-1-3-17-14(10)22-4-6-23(7-5-22)15-11-8-20-21-13(11)18-9-19-15/h1-3,8-9H,4-7H2,(H2,16,24)(H,18,19,20,21). The highest BCUT2D eigenvalue weighted by Crippen LogP contribution is 2.24. The Morgan fingerprint density at radius 3 is 2.58 bits per heavy atom. The number of nitrogens with one attached hydrogen (secondary N) is 1. The molecule has 4 heterocycles. The summed E-state index contributed by atoms with van der Waals surface area (Å²) in [5.74, 6) is 1.04. The molecule has 0 spiro atoms. The Bertz CT molecular complexity index is 884. The second-order valence-corrected chi connectivity index (χ2v) is 5.54. The summed E-state index contributed by atoms with van der Waals surface area (Å²) >= 11 is 0. The van der Waals surface area contributed by atoms with Crippen molar-refractivity contribution >= 4 is 28.6 Å². The summed E-state index contributed by atoms with van der Waals surface area (Å²) in [7, 11) is 0. The zero-order valence-electron chi connectivity index (χ0n) is 12.9. The van der Waals surface area contributed by atoms with Crippen LogP contribution in [0.15, 0.2) is 30.9 Å². The summed E-state index contributed by atoms with van der Waals surface area (Å²) in [6.45, 7) is 2.96. The third-order valence-electron chi connectivity index (χ3n) is 4.16. The molecule has 1 fully saturated rings. The minimum Gasteiger partial charge on any atom is -0.365 e. The number of carbonyl (C=O) groups is 1. The summed E-state index contributed by atoms with van der Waals surface area (Å²) in [5.41, 5.74) is 6.62. The maximum Gasteiger partial charge on any atom is 0.252 e. The van der Waals surface area contributed by atoms with Gasteiger partial charge >= 0.3 is 0 Å². The van der Waals surface area contributed by atoms with E-state index in [4.69, 9.17) is 5.73 Å². The molecule has 9 nitrogen and oxygen atoms in total. The van der Waals surface area contributed by atoms with E-state index in [2.05, 4.69) is 34.9 Å². The number of rotatable bonds is 3. The third-order valence-corrected chi connectivity index (χ3v) is 4.16. The first kappa shape index (κ1) is 14.4. The SMILES string of the molecule is NC(=O)c1cccnc1N1CCN(c2ncnc3[nH]ncc23)CC1. The van der Waals surface area contributed by atoms with Crippen LogP contribution in [0, 0.1) is 0 Å². The largest absolute Gasteiger partial charge is 0.365 e. The van der Waals surface area contributed by atoms with Gasteiger partial charge in [-0.25, -0.2) is 15.0 Å². The van der Waals surface area contributed by atoms with Crippen LogP contribution in [0.25, 0.3) is 11.0 Å². The quantitative estimate of drug-likeness (QED) is 0.705. The second-order valence-electron chi connectivity index (χ2n) is 5.54. The van der Waals surface area contributed by atoms with Crippen molar-refractivity contribution in [2.45, 2.75) is 0 Å². The number of nitrogens with two attached hydrogens (primary N) is 1. The van der Waals surface area contributed by atoms with Gasteiger partial charge in [0.05, 0.1) is 17.1 Å². The van der Waals surface area contributed by atoms with E-state index in [1.54, 1.807) is 24.5 Å². The number of pyridine rings is 1. The van der Waals surface area contributed by atoms with Crippen molar-refractivity contribution < 1.29 is 4.79 Å². The molecular formula is C15H16N8O. The summed E-state index contributed by atoms with van der Waals surface area (Å²) < 4.78 is 0. The Morgan fingerprint density at radius 2 is 1.83 bits per heavy atom. The molecule has 1 amide bonds. The number of piperazine rings is 1. The highest BCUT2D eigenvalue weighted by Gasteiger charge is 2.23. The average molecular weight is 324 g/mol. The van der Waals surface area contributed by atoms with Gasteiger partial charge in [-0.1, -0.05) is 0 Å². The predicted octanol–water partition coefficient (Wildman–Crippen LogP) is 0.173. The lowest BCUT2D eigenvalue weighted by molar-refractivity contribution is 0.100. The number of nitrogens with zero attached hydrogens (tertiary/aromatic N) is 6. The van der Waals surface area contributed by atoms with E-state index in [9.17, 15) is 4.79 Å². The fourth-order valence-corrected chi connectivity index (χ4v) is 2.98. The van der Waals surface area contributed by atoms with Crippen LogP contribution < -0.4 is 15.5 Å². The van der Waals surface area contributed by atoms with Crippen LogP contribution in [0.1, 0.15) is 10.4 Å². The molecule has 3 aromatic rings. The number of carbonyl (C=O) groups excluding carboxylic acids is 1. The van der Waals surface area contributed by atoms with Crippen molar-refractivity contribution in [1.82, 2.24) is 25.1 Å². The van der Waals surface area contributed by atoms with Gasteiger partial charge in [0.15, 0.2) is 5.65 Å². The van der Waals surface area contributed by atoms with Gasteiger partial charge < -0.3 is 15.5 Å². The summed E-state index contributed by atoms with van der Waals surface area (Å²) in [6.07, 6.45) is 4.95. The van der Waals surface area contributed by atoms with Gasteiger partial charge in [-0.3, -0.25) is 9.89 Å². The van der Waals surface area contributed by atoms with Crippen LogP contribution in [-0.4, -0.2) is 57.2 Å². The number of hydrogen-bond donors (Lipinski definition) is 2. The zero-order chi connectivity index (χ0) is 16.5. The summed E-state index contributed by atoms with van der Waals surface area (Å²) in [6, 6.07) is 3.42. The molecule has 122 valence electrons. The predicted molar refractivity (Wildman–Crippen MR) is 88.9 cm³/mol. The Balaban J connectivity index is 1.55. The van der Waals surface area contributed by atoms with Crippen LogP contribution >= 0.6 is 0 Å². The van der Waals surface area contributed by atoms with Gasteiger partial charge in [-0.05, 0) is 12.1 Å². The lowest BCUT2D eigenvalue weighted by Crippen LogP contribution is -2.47. The molecule has 1 saturated heterocycles. The molecule has 4 rings (SSSR count). The van der Waals surface area contributed by atoms with Crippen LogP contribution in [0.4, 0.5) is 11.6 Å². The minimum atomic E-state index is -0.462. The first-order chi connectivity index (χ1) is 11.7. The number of aromatic amines is 1. The van der Waals surface area contributed by atoms with Crippen LogP contribution in [-0.2, 0) is 0 Å². The van der Waals surface area contributed by atoms with Gasteiger partial charge in [0.2, 0.25) is 0 Å². The normalized spacial score (nSPS) is 15.0. The van der Waals surface area contributed by atoms with Crippen LogP contribution in [0.2, 0.25) is 0 Å². The molecule has 3 aromatic heterocycles. The number of hydrogen-bond acceptors (Lipinski definition) is 7. The Morgan fingerprint density at radius 1 is 1.08 bits per heavy atom. The van der Waals surface area contributed by atoms with Gasteiger partial charge in [0.1, 0.15) is 18.0 Å². The van der Waals surface area contributed by atoms with E-state index in [-0.39, 0.29) is 0 Å². The zero-order valence-corrected chi connectivity index (χ0v) is 12.9. The van der Waals surface area contributed by atoms with E-state index in [0.29, 0.717) is 11.4 Å². The summed E-state index contributed by atoms with van der Waals surface area (Å²) in [5, 5.41) is 7.78. The number of primary amides is 1. The number of amides is 1. The van der Waals surface area contributed by atoms with Crippen molar-refractivity contribution in [3.8, 4) is 0 Å². The molecular weight excluding hydrogens is 308 g/mol. The van der Waals surface area contributed by atoms with Crippen molar-refractivity contribution in [3.63, 3.8) is 0 Å². The maximum atomic E-state index is 11.6. The lowest BCUT2D eigenvalue weighted by Gasteiger charge is -2.36. The smallest absolute Gasteiger partial charge is 0.252 e. The van der Waals surface area contributed by atoms with Crippen molar-refractivity contribution in [3.05, 3.63) is 36.4 Å². The van der Waals surface area contributed by atoms with Crippen molar-refractivity contribution in [1.29, 1.82) is 0 Å². The van der Waals surface area contributed by atoms with Crippen molar-refractivity contribution in [2.24, 2.45) is 5.73 Å². The minimum absolute atomic E-state index is 0.449. The van der Waals surface area contributed by atoms with E-state index in [1.807, 2.05) is 0 Å². The summed E-state index contributed by atoms with van der Waals surface area (Å²) in [4.78, 5) is 28.7. The van der Waals surface area contributed by atoms with Gasteiger partial charge in [0, 0.05) is 32.4 Å². The molecule has 0 bridgehead atoms. The molecule has 0 aliphatic carbocycles. The fraction of sp³-hybridized carbons (Fsp3) is 0.267. The maximum absolute atomic E-state index is 11.6. The van der Waals surface area contributed by atoms with E-state index in [0.717, 1.165) is 43.0 Å². The Hall–Kier alpha value is -3.23. The fourth-order valence-electron chi connectivity index (χ4n) is 2.98. The molecule has 0 aromatic carbocycles. The molecule has 0 atom stereocenters. The molecule has 3 N–H and O–H groups in total. The molecule has 0 radical (unpaired) electrons. The van der Waals surface area contributed by atoms with E-state index >= 15 is 0 Å². The molecule has 0 saturated carbocycles. The average Bonchev–Trinajstić information content (AvgIpc) is 3.10. The second kappa shape index (κ2) is 5.76. The first-order valence-corrected chi connectivity index (χ1v) is 7.63. The van der Waals surface area contributed by atoms with Gasteiger partial charge in [-0.2, -0.15) is 5.10 Å². The highest BCUT2D eigenvalue weighted by molar-refractivity contribution is 5.97. The Labute approximate surface area is 137 Å². The van der Waals surface area contributed by atoms with Gasteiger partial charge in [-0.15, -0.1) is 0 Å². The van der Waals surface area contributed by atoms with E-state index < -0.39 is 5.91 Å². The first-order valence-electron chi connectivity index (χ1n) is 7.63. The van der Waals surface area contributed by atoms with Gasteiger partial charge in [0.25, 0.3) is 5.91 Å². The van der Waals surface area contributed by atoms with E-state index in [1.165, 1.54) is 6.33 Å². The van der Waals surface area contributed by atoms with Crippen LogP contribution in [0.5, 0.6) is 0 Å². The number of fused-ring (bicyclic) bond motifs is 1. The third kappa shape index (κ3) is 2.39. The highest BCUT2D eigenvalue weighted by atomic mass is 16.1. The number of H-pyrrole nitrogens is 1. The van der Waals surface area contributed by atoms with Crippen LogP contribution in [0.3, 0.4) is 0 Å². The number of aromatic nitrogens is 5. The molecule has 24 heavy (non-hydrogen) atoms. The molecule has 9 heteroatoms. The molecule has 1 aliphatic heterocycles. The topological polar surface area (TPSA) is 117 Å². The molecule has 0 unspecified atom stereocenters. The Kier molecular flexibility index (Phi) is 3.45. The monoisotopic (exact) mass is 324 g/mol. The number of anilines is 2. The van der Waals surface area contributed by atoms with Crippen molar-refractivity contribution in [2.75, 3.05) is 36.0 Å². The lowest BCUT2D eigenvalue weighted by atomic mass is 10.2. The molecule has 1 aliphatic rings.